The van der Waals surface area contributed by atoms with Crippen molar-refractivity contribution in [2.75, 3.05) is 33.3 Å². The molecule has 1 saturated heterocycles. The van der Waals surface area contributed by atoms with Crippen LogP contribution in [0.15, 0.2) is 0 Å². The van der Waals surface area contributed by atoms with Crippen molar-refractivity contribution < 1.29 is 14.6 Å². The Morgan fingerprint density at radius 2 is 1.74 bits per heavy atom. The highest BCUT2D eigenvalue weighted by atomic mass is 16.5. The van der Waals surface area contributed by atoms with Crippen LogP contribution in [0.25, 0.3) is 0 Å². The molecular formula is C29H50N2O3. The Labute approximate surface area is 207 Å². The van der Waals surface area contributed by atoms with Gasteiger partial charge in [-0.3, -0.25) is 9.69 Å². The molecule has 4 aliphatic carbocycles. The van der Waals surface area contributed by atoms with Crippen molar-refractivity contribution in [2.24, 2.45) is 46.3 Å². The third-order valence-corrected chi connectivity index (χ3v) is 12.1. The Morgan fingerprint density at radius 1 is 1.03 bits per heavy atom. The molecule has 5 heteroatoms. The number of fused-ring (bicyclic) bond motifs is 5. The first-order valence-corrected chi connectivity index (χ1v) is 14.5. The van der Waals surface area contributed by atoms with Crippen molar-refractivity contribution in [1.82, 2.24) is 10.2 Å². The Kier molecular flexibility index (Phi) is 7.11. The van der Waals surface area contributed by atoms with Crippen LogP contribution in [0.1, 0.15) is 85.0 Å². The van der Waals surface area contributed by atoms with Crippen LogP contribution in [0, 0.1) is 46.3 Å². The minimum atomic E-state index is -0.130. The summed E-state index contributed by atoms with van der Waals surface area (Å²) in [6.45, 7) is 12.1. The van der Waals surface area contributed by atoms with Gasteiger partial charge < -0.3 is 15.2 Å². The van der Waals surface area contributed by atoms with Gasteiger partial charge in [0.05, 0.1) is 13.2 Å². The molecule has 0 aromatic heterocycles. The highest BCUT2D eigenvalue weighted by Gasteiger charge is 2.62. The van der Waals surface area contributed by atoms with Crippen LogP contribution in [-0.2, 0) is 9.53 Å². The van der Waals surface area contributed by atoms with Gasteiger partial charge in [-0.1, -0.05) is 20.8 Å². The van der Waals surface area contributed by atoms with Crippen LogP contribution in [0.2, 0.25) is 0 Å². The van der Waals surface area contributed by atoms with Crippen molar-refractivity contribution in [1.29, 1.82) is 0 Å². The summed E-state index contributed by atoms with van der Waals surface area (Å²) in [6.07, 6.45) is 11.5. The molecular weight excluding hydrogens is 424 g/mol. The highest BCUT2D eigenvalue weighted by Crippen LogP contribution is 2.68. The molecule has 194 valence electrons. The topological polar surface area (TPSA) is 61.8 Å². The van der Waals surface area contributed by atoms with E-state index < -0.39 is 0 Å². The molecule has 5 nitrogen and oxygen atoms in total. The van der Waals surface area contributed by atoms with E-state index in [1.54, 1.807) is 0 Å². The predicted octanol–water partition coefficient (Wildman–Crippen LogP) is 4.48. The molecule has 5 fully saturated rings. The van der Waals surface area contributed by atoms with E-state index in [2.05, 4.69) is 31.0 Å². The molecule has 10 atom stereocenters. The summed E-state index contributed by atoms with van der Waals surface area (Å²) >= 11 is 0. The summed E-state index contributed by atoms with van der Waals surface area (Å²) < 4.78 is 4.91. The van der Waals surface area contributed by atoms with Gasteiger partial charge in [0.25, 0.3) is 0 Å². The number of aliphatic hydroxyl groups is 1. The zero-order chi connectivity index (χ0) is 24.1. The highest BCUT2D eigenvalue weighted by molar-refractivity contribution is 5.69. The van der Waals surface area contributed by atoms with Crippen molar-refractivity contribution in [2.45, 2.75) is 97.1 Å². The summed E-state index contributed by atoms with van der Waals surface area (Å²) in [6, 6.07) is 0.673. The van der Waals surface area contributed by atoms with Crippen LogP contribution < -0.4 is 5.32 Å². The SMILES string of the molecule is COC(=O)CCC(C)[C@H]1CCC2C3C[C@@H](O)[C@@H]4C[C@@H](N5CCNCC5)CC[C@]4(C)C3CC[C@@]21C. The van der Waals surface area contributed by atoms with E-state index in [0.29, 0.717) is 47.0 Å². The van der Waals surface area contributed by atoms with E-state index in [9.17, 15) is 9.90 Å². The van der Waals surface area contributed by atoms with Crippen LogP contribution >= 0.6 is 0 Å². The number of carbonyl (C=O) groups excluding carboxylic acids is 1. The summed E-state index contributed by atoms with van der Waals surface area (Å²) in [7, 11) is 1.50. The van der Waals surface area contributed by atoms with Crippen molar-refractivity contribution in [3.8, 4) is 0 Å². The number of hydrogen-bond donors (Lipinski definition) is 2. The number of nitrogens with one attached hydrogen (secondary N) is 1. The molecule has 0 radical (unpaired) electrons. The number of ether oxygens (including phenoxy) is 1. The Hall–Kier alpha value is -0.650. The van der Waals surface area contributed by atoms with Gasteiger partial charge in [0, 0.05) is 38.6 Å². The fraction of sp³-hybridized carbons (Fsp3) is 0.966. The molecule has 0 aromatic rings. The number of rotatable bonds is 5. The zero-order valence-corrected chi connectivity index (χ0v) is 22.2. The van der Waals surface area contributed by atoms with E-state index >= 15 is 0 Å². The lowest BCUT2D eigenvalue weighted by molar-refractivity contribution is -0.168. The number of methoxy groups -OCH3 is 1. The quantitative estimate of drug-likeness (QED) is 0.576. The lowest BCUT2D eigenvalue weighted by Gasteiger charge is -2.63. The van der Waals surface area contributed by atoms with Gasteiger partial charge in [-0.2, -0.15) is 0 Å². The summed E-state index contributed by atoms with van der Waals surface area (Å²) in [5.41, 5.74) is 0.681. The second-order valence-electron chi connectivity index (χ2n) is 13.3. The molecule has 1 aliphatic heterocycles. The fourth-order valence-electron chi connectivity index (χ4n) is 10.3. The number of aliphatic hydroxyl groups excluding tert-OH is 1. The molecule has 0 amide bonds. The minimum Gasteiger partial charge on any atom is -0.469 e. The first-order valence-electron chi connectivity index (χ1n) is 14.5. The third-order valence-electron chi connectivity index (χ3n) is 12.1. The van der Waals surface area contributed by atoms with E-state index in [4.69, 9.17) is 4.74 Å². The van der Waals surface area contributed by atoms with E-state index in [-0.39, 0.29) is 12.1 Å². The average Bonchev–Trinajstić information content (AvgIpc) is 3.20. The molecule has 2 N–H and O–H groups in total. The fourth-order valence-corrected chi connectivity index (χ4v) is 10.3. The molecule has 5 rings (SSSR count). The largest absolute Gasteiger partial charge is 0.469 e. The van der Waals surface area contributed by atoms with Crippen LogP contribution in [-0.4, -0.2) is 61.4 Å². The standard InChI is InChI=1S/C29H50N2O3/c1-19(5-8-27(33)34-4)22-6-7-23-21-18-26(32)25-17-20(31-15-13-30-14-16-31)9-11-29(25,3)24(21)10-12-28(22,23)2/h19-26,30,32H,5-18H2,1-4H3/t19?,20-,21?,22+,23?,24?,25-,26+,28+,29+/m0/s1. The Morgan fingerprint density at radius 3 is 2.47 bits per heavy atom. The van der Waals surface area contributed by atoms with Crippen molar-refractivity contribution >= 4 is 5.97 Å². The minimum absolute atomic E-state index is 0.0685. The lowest BCUT2D eigenvalue weighted by atomic mass is 9.43. The molecule has 5 aliphatic rings. The second kappa shape index (κ2) is 9.67. The molecule has 0 aromatic carbocycles. The van der Waals surface area contributed by atoms with E-state index in [0.717, 1.165) is 37.8 Å². The molecule has 4 saturated carbocycles. The van der Waals surface area contributed by atoms with E-state index in [1.165, 1.54) is 65.1 Å². The van der Waals surface area contributed by atoms with Crippen LogP contribution in [0.5, 0.6) is 0 Å². The van der Waals surface area contributed by atoms with Crippen molar-refractivity contribution in [3.05, 3.63) is 0 Å². The van der Waals surface area contributed by atoms with Gasteiger partial charge in [-0.25, -0.2) is 0 Å². The Bertz CT molecular complexity index is 739. The van der Waals surface area contributed by atoms with Gasteiger partial charge in [-0.05, 0) is 104 Å². The number of esters is 1. The van der Waals surface area contributed by atoms with Crippen molar-refractivity contribution in [3.63, 3.8) is 0 Å². The second-order valence-corrected chi connectivity index (χ2v) is 13.3. The van der Waals surface area contributed by atoms with Crippen LogP contribution in [0.3, 0.4) is 0 Å². The number of carbonyl (C=O) groups is 1. The molecule has 1 heterocycles. The van der Waals surface area contributed by atoms with Gasteiger partial charge in [0.1, 0.15) is 0 Å². The number of nitrogens with zero attached hydrogens (tertiary/aromatic N) is 1. The van der Waals surface area contributed by atoms with Gasteiger partial charge in [0.2, 0.25) is 0 Å². The summed E-state index contributed by atoms with van der Waals surface area (Å²) in [5.74, 6) is 3.89. The summed E-state index contributed by atoms with van der Waals surface area (Å²) in [5, 5.41) is 15.1. The van der Waals surface area contributed by atoms with Gasteiger partial charge in [-0.15, -0.1) is 0 Å². The molecule has 34 heavy (non-hydrogen) atoms. The number of piperazine rings is 1. The maximum Gasteiger partial charge on any atom is 0.305 e. The van der Waals surface area contributed by atoms with Gasteiger partial charge >= 0.3 is 5.97 Å². The third kappa shape index (κ3) is 4.16. The van der Waals surface area contributed by atoms with Gasteiger partial charge in [0.15, 0.2) is 0 Å². The lowest BCUT2D eigenvalue weighted by Crippen LogP contribution is -2.60. The molecule has 4 unspecified atom stereocenters. The first-order chi connectivity index (χ1) is 16.3. The maximum atomic E-state index is 11.8. The molecule has 0 spiro atoms. The zero-order valence-electron chi connectivity index (χ0n) is 22.2. The van der Waals surface area contributed by atoms with Crippen LogP contribution in [0.4, 0.5) is 0 Å². The normalized spacial score (nSPS) is 47.9. The smallest absolute Gasteiger partial charge is 0.305 e. The first kappa shape index (κ1) is 25.0. The predicted molar refractivity (Wildman–Crippen MR) is 135 cm³/mol. The maximum absolute atomic E-state index is 11.8. The Balaban J connectivity index is 1.29. The summed E-state index contributed by atoms with van der Waals surface area (Å²) in [4.78, 5) is 14.5. The van der Waals surface area contributed by atoms with E-state index in [1.807, 2.05) is 0 Å². The monoisotopic (exact) mass is 474 g/mol. The average molecular weight is 475 g/mol. The number of hydrogen-bond acceptors (Lipinski definition) is 5. The molecule has 0 bridgehead atoms.